The number of benzene rings is 2. The number of morpholine rings is 1. The Morgan fingerprint density at radius 1 is 0.968 bits per heavy atom. The second kappa shape index (κ2) is 8.69. The highest BCUT2D eigenvalue weighted by atomic mass is 16.5. The quantitative estimate of drug-likeness (QED) is 0.747. The standard InChI is InChI=1S/C23H23N3O5/c1-2-19(26-22(29)15-7-3-4-8-16(15)23(26)30)20(27)24-18-10-6-5-9-17(18)21(28)25-11-13-31-14-12-25/h3-10,19H,2,11-14H2,1H3,(H,24,27)/t19-/m1/s1. The minimum absolute atomic E-state index is 0.201. The van der Waals surface area contributed by atoms with Crippen LogP contribution in [0.5, 0.6) is 0 Å². The molecular formula is C23H23N3O5. The number of hydrogen-bond acceptors (Lipinski definition) is 5. The van der Waals surface area contributed by atoms with Gasteiger partial charge in [0.1, 0.15) is 6.04 Å². The zero-order valence-corrected chi connectivity index (χ0v) is 17.2. The lowest BCUT2D eigenvalue weighted by atomic mass is 10.1. The first-order valence-electron chi connectivity index (χ1n) is 10.3. The van der Waals surface area contributed by atoms with Crippen molar-refractivity contribution in [1.29, 1.82) is 0 Å². The van der Waals surface area contributed by atoms with Gasteiger partial charge in [-0.3, -0.25) is 24.1 Å². The molecule has 2 heterocycles. The van der Waals surface area contributed by atoms with Gasteiger partial charge in [0.05, 0.1) is 35.6 Å². The van der Waals surface area contributed by atoms with Crippen molar-refractivity contribution in [2.45, 2.75) is 19.4 Å². The van der Waals surface area contributed by atoms with E-state index < -0.39 is 23.8 Å². The molecular weight excluding hydrogens is 398 g/mol. The molecule has 31 heavy (non-hydrogen) atoms. The van der Waals surface area contributed by atoms with E-state index in [0.29, 0.717) is 48.7 Å². The Hall–Kier alpha value is -3.52. The van der Waals surface area contributed by atoms with Gasteiger partial charge >= 0.3 is 0 Å². The molecule has 0 aliphatic carbocycles. The molecule has 0 aromatic heterocycles. The molecule has 0 saturated carbocycles. The molecule has 1 saturated heterocycles. The van der Waals surface area contributed by atoms with E-state index in [-0.39, 0.29) is 12.3 Å². The average Bonchev–Trinajstić information content (AvgIpc) is 3.06. The van der Waals surface area contributed by atoms with Gasteiger partial charge in [-0.15, -0.1) is 0 Å². The smallest absolute Gasteiger partial charge is 0.262 e. The maximum Gasteiger partial charge on any atom is 0.262 e. The van der Waals surface area contributed by atoms with Crippen molar-refractivity contribution in [2.75, 3.05) is 31.6 Å². The normalized spacial score (nSPS) is 16.8. The highest BCUT2D eigenvalue weighted by Crippen LogP contribution is 2.27. The van der Waals surface area contributed by atoms with Crippen LogP contribution in [0.15, 0.2) is 48.5 Å². The van der Waals surface area contributed by atoms with Gasteiger partial charge < -0.3 is 15.0 Å². The van der Waals surface area contributed by atoms with E-state index >= 15 is 0 Å². The number of nitrogens with zero attached hydrogens (tertiary/aromatic N) is 2. The summed E-state index contributed by atoms with van der Waals surface area (Å²) in [5, 5.41) is 2.76. The number of amides is 4. The zero-order chi connectivity index (χ0) is 22.0. The highest BCUT2D eigenvalue weighted by molar-refractivity contribution is 6.23. The molecule has 0 radical (unpaired) electrons. The first-order chi connectivity index (χ1) is 15.0. The van der Waals surface area contributed by atoms with E-state index in [1.807, 2.05) is 0 Å². The van der Waals surface area contributed by atoms with Gasteiger partial charge in [-0.05, 0) is 30.7 Å². The Bertz CT molecular complexity index is 1010. The van der Waals surface area contributed by atoms with Crippen molar-refractivity contribution < 1.29 is 23.9 Å². The minimum atomic E-state index is -0.987. The van der Waals surface area contributed by atoms with Gasteiger partial charge in [-0.25, -0.2) is 0 Å². The van der Waals surface area contributed by atoms with Gasteiger partial charge in [0, 0.05) is 13.1 Å². The van der Waals surface area contributed by atoms with Crippen LogP contribution in [0.4, 0.5) is 5.69 Å². The van der Waals surface area contributed by atoms with Crippen LogP contribution in [0, 0.1) is 0 Å². The number of imide groups is 1. The SMILES string of the molecule is CC[C@H](C(=O)Nc1ccccc1C(=O)N1CCOCC1)N1C(=O)c2ccccc2C1=O. The van der Waals surface area contributed by atoms with Gasteiger partial charge in [0.25, 0.3) is 17.7 Å². The summed E-state index contributed by atoms with van der Waals surface area (Å²) in [5.74, 6) is -1.69. The second-order valence-corrected chi connectivity index (χ2v) is 7.39. The maximum atomic E-state index is 13.1. The van der Waals surface area contributed by atoms with Crippen molar-refractivity contribution in [3.05, 3.63) is 65.2 Å². The van der Waals surface area contributed by atoms with Crippen LogP contribution in [-0.2, 0) is 9.53 Å². The minimum Gasteiger partial charge on any atom is -0.378 e. The molecule has 2 aromatic carbocycles. The molecule has 160 valence electrons. The third kappa shape index (κ3) is 3.82. The fraction of sp³-hybridized carbons (Fsp3) is 0.304. The van der Waals surface area contributed by atoms with E-state index in [1.54, 1.807) is 60.4 Å². The number of hydrogen-bond donors (Lipinski definition) is 1. The number of para-hydroxylation sites is 1. The Labute approximate surface area is 179 Å². The summed E-state index contributed by atoms with van der Waals surface area (Å²) in [5.41, 5.74) is 1.29. The van der Waals surface area contributed by atoms with Gasteiger partial charge in [-0.1, -0.05) is 31.2 Å². The molecule has 2 aromatic rings. The fourth-order valence-corrected chi connectivity index (χ4v) is 3.91. The summed E-state index contributed by atoms with van der Waals surface area (Å²) in [6.07, 6.45) is 0.247. The summed E-state index contributed by atoms with van der Waals surface area (Å²) in [6, 6.07) is 12.3. The molecule has 0 spiro atoms. The fourth-order valence-electron chi connectivity index (χ4n) is 3.91. The molecule has 1 fully saturated rings. The summed E-state index contributed by atoms with van der Waals surface area (Å²) in [4.78, 5) is 54.4. The second-order valence-electron chi connectivity index (χ2n) is 7.39. The molecule has 4 rings (SSSR count). The summed E-state index contributed by atoms with van der Waals surface area (Å²) in [7, 11) is 0. The third-order valence-electron chi connectivity index (χ3n) is 5.54. The summed E-state index contributed by atoms with van der Waals surface area (Å²) >= 11 is 0. The summed E-state index contributed by atoms with van der Waals surface area (Å²) < 4.78 is 5.30. The monoisotopic (exact) mass is 421 g/mol. The Morgan fingerprint density at radius 3 is 2.16 bits per heavy atom. The van der Waals surface area contributed by atoms with Gasteiger partial charge in [0.15, 0.2) is 0 Å². The van der Waals surface area contributed by atoms with E-state index in [4.69, 9.17) is 4.74 Å². The van der Waals surface area contributed by atoms with Crippen LogP contribution in [-0.4, -0.2) is 65.8 Å². The lowest BCUT2D eigenvalue weighted by Crippen LogP contribution is -2.47. The largest absolute Gasteiger partial charge is 0.378 e. The molecule has 4 amide bonds. The predicted molar refractivity (Wildman–Crippen MR) is 113 cm³/mol. The van der Waals surface area contributed by atoms with E-state index in [1.165, 1.54) is 0 Å². The lowest BCUT2D eigenvalue weighted by Gasteiger charge is -2.28. The number of carbonyl (C=O) groups is 4. The van der Waals surface area contributed by atoms with E-state index in [9.17, 15) is 19.2 Å². The molecule has 0 bridgehead atoms. The van der Waals surface area contributed by atoms with Crippen molar-refractivity contribution >= 4 is 29.3 Å². The predicted octanol–water partition coefficient (Wildman–Crippen LogP) is 2.17. The number of rotatable bonds is 5. The van der Waals surface area contributed by atoms with E-state index in [2.05, 4.69) is 5.32 Å². The molecule has 8 nitrogen and oxygen atoms in total. The Kier molecular flexibility index (Phi) is 5.81. The van der Waals surface area contributed by atoms with Crippen LogP contribution < -0.4 is 5.32 Å². The van der Waals surface area contributed by atoms with Gasteiger partial charge in [0.2, 0.25) is 5.91 Å². The zero-order valence-electron chi connectivity index (χ0n) is 17.2. The number of ether oxygens (including phenoxy) is 1. The third-order valence-corrected chi connectivity index (χ3v) is 5.54. The number of carbonyl (C=O) groups excluding carboxylic acids is 4. The number of fused-ring (bicyclic) bond motifs is 1. The highest BCUT2D eigenvalue weighted by Gasteiger charge is 2.42. The number of nitrogens with one attached hydrogen (secondary N) is 1. The van der Waals surface area contributed by atoms with Crippen LogP contribution in [0.25, 0.3) is 0 Å². The van der Waals surface area contributed by atoms with Gasteiger partial charge in [-0.2, -0.15) is 0 Å². The first kappa shape index (κ1) is 20.7. The summed E-state index contributed by atoms with van der Waals surface area (Å²) in [6.45, 7) is 3.63. The van der Waals surface area contributed by atoms with Crippen LogP contribution >= 0.6 is 0 Å². The van der Waals surface area contributed by atoms with Crippen molar-refractivity contribution in [3.8, 4) is 0 Å². The van der Waals surface area contributed by atoms with E-state index in [0.717, 1.165) is 4.90 Å². The topological polar surface area (TPSA) is 96.0 Å². The molecule has 8 heteroatoms. The van der Waals surface area contributed by atoms with Crippen LogP contribution in [0.3, 0.4) is 0 Å². The lowest BCUT2D eigenvalue weighted by molar-refractivity contribution is -0.120. The average molecular weight is 421 g/mol. The van der Waals surface area contributed by atoms with Crippen molar-refractivity contribution in [2.24, 2.45) is 0 Å². The maximum absolute atomic E-state index is 13.1. The molecule has 1 atom stereocenters. The molecule has 1 N–H and O–H groups in total. The molecule has 2 aliphatic heterocycles. The molecule has 2 aliphatic rings. The molecule has 0 unspecified atom stereocenters. The first-order valence-corrected chi connectivity index (χ1v) is 10.3. The van der Waals surface area contributed by atoms with Crippen LogP contribution in [0.1, 0.15) is 44.4 Å². The Morgan fingerprint density at radius 2 is 1.55 bits per heavy atom. The van der Waals surface area contributed by atoms with Crippen LogP contribution in [0.2, 0.25) is 0 Å². The van der Waals surface area contributed by atoms with Crippen molar-refractivity contribution in [1.82, 2.24) is 9.80 Å². The number of anilines is 1. The van der Waals surface area contributed by atoms with Crippen molar-refractivity contribution in [3.63, 3.8) is 0 Å². The Balaban J connectivity index is 1.56.